The maximum Gasteiger partial charge on any atom is 0.305 e. The number of para-hydroxylation sites is 1. The van der Waals surface area contributed by atoms with Gasteiger partial charge in [-0.1, -0.05) is 35.3 Å². The van der Waals surface area contributed by atoms with Crippen LogP contribution in [0.2, 0.25) is 10.0 Å². The molecule has 0 aromatic heterocycles. The highest BCUT2D eigenvalue weighted by molar-refractivity contribution is 9.10. The van der Waals surface area contributed by atoms with Crippen LogP contribution >= 0.6 is 39.1 Å². The maximum atomic E-state index is 13.0. The number of carbonyl (C=O) groups is 1. The van der Waals surface area contributed by atoms with Crippen LogP contribution in [0.4, 0.5) is 5.69 Å². The third-order valence-corrected chi connectivity index (χ3v) is 6.31. The summed E-state index contributed by atoms with van der Waals surface area (Å²) in [5, 5.41) is 9.15. The number of anilines is 1. The minimum atomic E-state index is -4.10. The molecule has 0 saturated heterocycles. The predicted molar refractivity (Wildman–Crippen MR) is 97.4 cm³/mol. The van der Waals surface area contributed by atoms with Crippen LogP contribution in [0.1, 0.15) is 6.42 Å². The molecule has 2 aromatic carbocycles. The van der Waals surface area contributed by atoms with Crippen LogP contribution in [0.25, 0.3) is 0 Å². The summed E-state index contributed by atoms with van der Waals surface area (Å²) < 4.78 is 27.6. The molecule has 0 amide bonds. The van der Waals surface area contributed by atoms with E-state index in [0.29, 0.717) is 10.2 Å². The third-order valence-electron chi connectivity index (χ3n) is 3.11. The Balaban J connectivity index is 2.59. The molecule has 24 heavy (non-hydrogen) atoms. The van der Waals surface area contributed by atoms with Gasteiger partial charge in [0.1, 0.15) is 4.90 Å². The van der Waals surface area contributed by atoms with Gasteiger partial charge in [0.2, 0.25) is 0 Å². The second-order valence-electron chi connectivity index (χ2n) is 4.75. The summed E-state index contributed by atoms with van der Waals surface area (Å²) in [7, 11) is -4.10. The van der Waals surface area contributed by atoms with Crippen molar-refractivity contribution in [2.24, 2.45) is 0 Å². The molecule has 0 aliphatic rings. The molecule has 2 rings (SSSR count). The highest BCUT2D eigenvalue weighted by Crippen LogP contribution is 2.34. The predicted octanol–water partition coefficient (Wildman–Crippen LogP) is 4.43. The van der Waals surface area contributed by atoms with Crippen molar-refractivity contribution in [3.05, 3.63) is 57.0 Å². The Morgan fingerprint density at radius 2 is 1.83 bits per heavy atom. The quantitative estimate of drug-likeness (QED) is 0.703. The molecule has 0 atom stereocenters. The van der Waals surface area contributed by atoms with Gasteiger partial charge in [-0.15, -0.1) is 0 Å². The SMILES string of the molecule is O=C(O)CCN(c1ccccc1Br)S(=O)(=O)c1cc(Cl)ccc1Cl. The standard InChI is InChI=1S/C15H12BrCl2NO4S/c16-11-3-1-2-4-13(11)19(8-7-15(20)21)24(22,23)14-9-10(17)5-6-12(14)18/h1-6,9H,7-8H2,(H,20,21). The largest absolute Gasteiger partial charge is 0.481 e. The topological polar surface area (TPSA) is 74.7 Å². The van der Waals surface area contributed by atoms with Crippen molar-refractivity contribution in [3.63, 3.8) is 0 Å². The van der Waals surface area contributed by atoms with Gasteiger partial charge in [0.15, 0.2) is 0 Å². The number of aliphatic carboxylic acids is 1. The summed E-state index contributed by atoms with van der Waals surface area (Å²) in [6, 6.07) is 10.7. The van der Waals surface area contributed by atoms with E-state index in [-0.39, 0.29) is 27.9 Å². The molecule has 0 unspecified atom stereocenters. The number of carboxylic acid groups (broad SMARTS) is 1. The normalized spacial score (nSPS) is 11.3. The first-order valence-corrected chi connectivity index (χ1v) is 9.66. The lowest BCUT2D eigenvalue weighted by molar-refractivity contribution is -0.136. The van der Waals surface area contributed by atoms with Gasteiger partial charge in [-0.2, -0.15) is 0 Å². The first-order chi connectivity index (χ1) is 11.2. The Morgan fingerprint density at radius 1 is 1.17 bits per heavy atom. The Hall–Kier alpha value is -1.28. The molecule has 128 valence electrons. The zero-order chi connectivity index (χ0) is 17.9. The van der Waals surface area contributed by atoms with E-state index in [1.165, 1.54) is 18.2 Å². The van der Waals surface area contributed by atoms with Crippen LogP contribution in [-0.2, 0) is 14.8 Å². The summed E-state index contributed by atoms with van der Waals surface area (Å²) in [5.41, 5.74) is 0.315. The number of hydrogen-bond donors (Lipinski definition) is 1. The lowest BCUT2D eigenvalue weighted by Crippen LogP contribution is -2.33. The fourth-order valence-electron chi connectivity index (χ4n) is 2.01. The first kappa shape index (κ1) is 19.1. The number of nitrogens with zero attached hydrogens (tertiary/aromatic N) is 1. The number of halogens is 3. The fraction of sp³-hybridized carbons (Fsp3) is 0.133. The molecule has 0 aliphatic carbocycles. The molecular formula is C15H12BrCl2NO4S. The lowest BCUT2D eigenvalue weighted by Gasteiger charge is -2.25. The van der Waals surface area contributed by atoms with Crippen molar-refractivity contribution in [1.29, 1.82) is 0 Å². The average molecular weight is 453 g/mol. The van der Waals surface area contributed by atoms with Gasteiger partial charge in [0.25, 0.3) is 10.0 Å². The van der Waals surface area contributed by atoms with E-state index in [9.17, 15) is 13.2 Å². The second kappa shape index (κ2) is 7.74. The monoisotopic (exact) mass is 451 g/mol. The fourth-order valence-corrected chi connectivity index (χ4v) is 4.86. The van der Waals surface area contributed by atoms with Crippen LogP contribution in [0.5, 0.6) is 0 Å². The summed E-state index contributed by atoms with van der Waals surface area (Å²) >= 11 is 15.2. The maximum absolute atomic E-state index is 13.0. The summed E-state index contributed by atoms with van der Waals surface area (Å²) in [5.74, 6) is -1.11. The lowest BCUT2D eigenvalue weighted by atomic mass is 10.3. The zero-order valence-electron chi connectivity index (χ0n) is 12.1. The van der Waals surface area contributed by atoms with E-state index < -0.39 is 16.0 Å². The van der Waals surface area contributed by atoms with Gasteiger partial charge in [0, 0.05) is 16.0 Å². The molecule has 0 spiro atoms. The van der Waals surface area contributed by atoms with E-state index in [1.807, 2.05) is 0 Å². The van der Waals surface area contributed by atoms with Gasteiger partial charge >= 0.3 is 5.97 Å². The Morgan fingerprint density at radius 3 is 2.46 bits per heavy atom. The smallest absolute Gasteiger partial charge is 0.305 e. The van der Waals surface area contributed by atoms with Crippen molar-refractivity contribution in [1.82, 2.24) is 0 Å². The molecule has 0 saturated carbocycles. The van der Waals surface area contributed by atoms with Crippen molar-refractivity contribution < 1.29 is 18.3 Å². The highest BCUT2D eigenvalue weighted by Gasteiger charge is 2.29. The number of hydrogen-bond acceptors (Lipinski definition) is 3. The molecule has 2 aromatic rings. The van der Waals surface area contributed by atoms with Crippen molar-refractivity contribution >= 4 is 60.8 Å². The van der Waals surface area contributed by atoms with Crippen molar-refractivity contribution in [2.45, 2.75) is 11.3 Å². The Labute approximate surface area is 158 Å². The first-order valence-electron chi connectivity index (χ1n) is 6.67. The molecule has 0 heterocycles. The summed E-state index contributed by atoms with van der Waals surface area (Å²) in [6.07, 6.45) is -0.362. The summed E-state index contributed by atoms with van der Waals surface area (Å²) in [4.78, 5) is 10.7. The molecule has 9 heteroatoms. The minimum absolute atomic E-state index is 0.00628. The number of rotatable bonds is 6. The number of benzene rings is 2. The van der Waals surface area contributed by atoms with Gasteiger partial charge in [-0.25, -0.2) is 8.42 Å². The average Bonchev–Trinajstić information content (AvgIpc) is 2.51. The molecule has 0 bridgehead atoms. The van der Waals surface area contributed by atoms with Crippen LogP contribution < -0.4 is 4.31 Å². The second-order valence-corrected chi connectivity index (χ2v) is 8.28. The number of carboxylic acids is 1. The number of sulfonamides is 1. The van der Waals surface area contributed by atoms with Crippen LogP contribution in [-0.4, -0.2) is 26.0 Å². The van der Waals surface area contributed by atoms with Gasteiger partial charge in [-0.05, 0) is 46.3 Å². The highest BCUT2D eigenvalue weighted by atomic mass is 79.9. The third kappa shape index (κ3) is 4.22. The van der Waals surface area contributed by atoms with Crippen LogP contribution in [0, 0.1) is 0 Å². The van der Waals surface area contributed by atoms with E-state index >= 15 is 0 Å². The van der Waals surface area contributed by atoms with E-state index in [2.05, 4.69) is 15.9 Å². The summed E-state index contributed by atoms with van der Waals surface area (Å²) in [6.45, 7) is -0.247. The van der Waals surface area contributed by atoms with E-state index in [1.54, 1.807) is 24.3 Å². The Kier molecular flexibility index (Phi) is 6.14. The van der Waals surface area contributed by atoms with Gasteiger partial charge in [-0.3, -0.25) is 9.10 Å². The van der Waals surface area contributed by atoms with E-state index in [4.69, 9.17) is 28.3 Å². The minimum Gasteiger partial charge on any atom is -0.481 e. The van der Waals surface area contributed by atoms with Gasteiger partial charge in [0.05, 0.1) is 17.1 Å². The Bertz CT molecular complexity index is 874. The van der Waals surface area contributed by atoms with Gasteiger partial charge < -0.3 is 5.11 Å². The van der Waals surface area contributed by atoms with Crippen molar-refractivity contribution in [2.75, 3.05) is 10.8 Å². The van der Waals surface area contributed by atoms with Crippen molar-refractivity contribution in [3.8, 4) is 0 Å². The molecular weight excluding hydrogens is 441 g/mol. The molecule has 0 fully saturated rings. The molecule has 0 radical (unpaired) electrons. The van der Waals surface area contributed by atoms with Crippen LogP contribution in [0.15, 0.2) is 51.8 Å². The molecule has 1 N–H and O–H groups in total. The molecule has 0 aliphatic heterocycles. The van der Waals surface area contributed by atoms with Crippen LogP contribution in [0.3, 0.4) is 0 Å². The van der Waals surface area contributed by atoms with E-state index in [0.717, 1.165) is 4.31 Å². The molecule has 5 nitrogen and oxygen atoms in total. The zero-order valence-corrected chi connectivity index (χ0v) is 16.0.